The first-order valence-electron chi connectivity index (χ1n) is 12.3. The molecule has 0 bridgehead atoms. The lowest BCUT2D eigenvalue weighted by Gasteiger charge is -2.18. The number of hydrogen-bond donors (Lipinski definition) is 3. The average Bonchev–Trinajstić information content (AvgIpc) is 2.95. The van der Waals surface area contributed by atoms with E-state index in [4.69, 9.17) is 11.6 Å². The molecule has 0 fully saturated rings. The SMILES string of the molecule is CCN(CC)C(=O)c1ccc(C(=O)Nc2cc(Cl)c(NC(=O)C(C)S(=O)(=O)c3ccc(SC)cc3)cc2O)cc1. The van der Waals surface area contributed by atoms with Crippen LogP contribution in [0.4, 0.5) is 11.4 Å². The number of halogens is 1. The minimum absolute atomic E-state index is 0.00501. The topological polar surface area (TPSA) is 133 Å². The van der Waals surface area contributed by atoms with Crippen LogP contribution in [-0.4, -0.2) is 60.7 Å². The molecule has 9 nitrogen and oxygen atoms in total. The van der Waals surface area contributed by atoms with Crippen molar-refractivity contribution in [3.63, 3.8) is 0 Å². The van der Waals surface area contributed by atoms with Gasteiger partial charge in [0.25, 0.3) is 11.8 Å². The molecule has 0 saturated carbocycles. The monoisotopic (exact) mass is 603 g/mol. The highest BCUT2D eigenvalue weighted by molar-refractivity contribution is 7.98. The first-order chi connectivity index (χ1) is 18.9. The molecule has 3 rings (SSSR count). The van der Waals surface area contributed by atoms with Crippen LogP contribution in [-0.2, 0) is 14.6 Å². The highest BCUT2D eigenvalue weighted by Crippen LogP contribution is 2.34. The summed E-state index contributed by atoms with van der Waals surface area (Å²) in [4.78, 5) is 40.6. The highest BCUT2D eigenvalue weighted by atomic mass is 35.5. The third-order valence-corrected chi connectivity index (χ3v) is 9.39. The average molecular weight is 604 g/mol. The molecule has 0 aromatic heterocycles. The smallest absolute Gasteiger partial charge is 0.255 e. The van der Waals surface area contributed by atoms with E-state index in [1.54, 1.807) is 29.2 Å². The molecule has 0 spiro atoms. The summed E-state index contributed by atoms with van der Waals surface area (Å²) < 4.78 is 25.9. The predicted octanol–water partition coefficient (Wildman–Crippen LogP) is 5.30. The number of rotatable bonds is 10. The second kappa shape index (κ2) is 13.2. The number of anilines is 2. The minimum atomic E-state index is -3.99. The van der Waals surface area contributed by atoms with Crippen molar-refractivity contribution in [1.82, 2.24) is 4.90 Å². The van der Waals surface area contributed by atoms with E-state index in [9.17, 15) is 27.9 Å². The van der Waals surface area contributed by atoms with Gasteiger partial charge in [0, 0.05) is 35.2 Å². The Bertz CT molecular complexity index is 1510. The number of nitrogens with zero attached hydrogens (tertiary/aromatic N) is 1. The number of carbonyl (C=O) groups excluding carboxylic acids is 3. The molecule has 12 heteroatoms. The molecule has 0 heterocycles. The van der Waals surface area contributed by atoms with E-state index < -0.39 is 32.7 Å². The zero-order chi connectivity index (χ0) is 29.6. The standard InChI is InChI=1S/C28H30ClN3O6S2/c1-5-32(6-2)28(36)19-9-7-18(8-10-19)27(35)31-24-15-22(29)23(16-25(24)33)30-26(34)17(3)40(37,38)21-13-11-20(39-4)12-14-21/h7-17,33H,5-6H2,1-4H3,(H,30,34)(H,31,35). The Kier molecular flexibility index (Phi) is 10.2. The van der Waals surface area contributed by atoms with Crippen LogP contribution >= 0.6 is 23.4 Å². The molecule has 0 aliphatic carbocycles. The van der Waals surface area contributed by atoms with E-state index in [1.807, 2.05) is 20.1 Å². The van der Waals surface area contributed by atoms with Crippen LogP contribution in [0.1, 0.15) is 41.5 Å². The summed E-state index contributed by atoms with van der Waals surface area (Å²) in [5.41, 5.74) is 0.639. The molecule has 3 amide bonds. The summed E-state index contributed by atoms with van der Waals surface area (Å²) in [5.74, 6) is -1.94. The van der Waals surface area contributed by atoms with Gasteiger partial charge in [0.05, 0.1) is 21.3 Å². The summed E-state index contributed by atoms with van der Waals surface area (Å²) in [6.07, 6.45) is 1.87. The molecule has 3 aromatic rings. The number of nitrogens with one attached hydrogen (secondary N) is 2. The third kappa shape index (κ3) is 6.96. The van der Waals surface area contributed by atoms with Gasteiger partial charge in [0.15, 0.2) is 9.84 Å². The quantitative estimate of drug-likeness (QED) is 0.211. The first-order valence-corrected chi connectivity index (χ1v) is 15.5. The molecule has 0 radical (unpaired) electrons. The normalized spacial score (nSPS) is 11.9. The molecule has 3 aromatic carbocycles. The van der Waals surface area contributed by atoms with Crippen molar-refractivity contribution in [2.75, 3.05) is 30.0 Å². The largest absolute Gasteiger partial charge is 0.506 e. The lowest BCUT2D eigenvalue weighted by atomic mass is 10.1. The van der Waals surface area contributed by atoms with Crippen molar-refractivity contribution in [2.45, 2.75) is 35.8 Å². The number of hydrogen-bond acceptors (Lipinski definition) is 7. The fourth-order valence-electron chi connectivity index (χ4n) is 3.75. The molecule has 0 aliphatic rings. The Morgan fingerprint density at radius 1 is 0.925 bits per heavy atom. The van der Waals surface area contributed by atoms with Gasteiger partial charge in [-0.05, 0) is 81.6 Å². The van der Waals surface area contributed by atoms with Crippen molar-refractivity contribution >= 4 is 62.3 Å². The molecule has 212 valence electrons. The van der Waals surface area contributed by atoms with Crippen LogP contribution in [0.5, 0.6) is 5.75 Å². The van der Waals surface area contributed by atoms with Crippen molar-refractivity contribution < 1.29 is 27.9 Å². The van der Waals surface area contributed by atoms with Crippen LogP contribution in [0.15, 0.2) is 70.5 Å². The molecule has 1 unspecified atom stereocenters. The number of phenolic OH excluding ortho intramolecular Hbond substituents is 1. The second-order valence-corrected chi connectivity index (χ2v) is 12.3. The second-order valence-electron chi connectivity index (χ2n) is 8.71. The zero-order valence-electron chi connectivity index (χ0n) is 22.4. The molecule has 0 saturated heterocycles. The predicted molar refractivity (Wildman–Crippen MR) is 158 cm³/mol. The lowest BCUT2D eigenvalue weighted by Crippen LogP contribution is -2.32. The van der Waals surface area contributed by atoms with Crippen molar-refractivity contribution in [3.05, 3.63) is 76.8 Å². The number of benzene rings is 3. The van der Waals surface area contributed by atoms with Crippen molar-refractivity contribution in [3.8, 4) is 5.75 Å². The third-order valence-electron chi connectivity index (χ3n) is 6.26. The number of aromatic hydroxyl groups is 1. The number of carbonyl (C=O) groups is 3. The van der Waals surface area contributed by atoms with Gasteiger partial charge in [-0.3, -0.25) is 14.4 Å². The van der Waals surface area contributed by atoms with Crippen LogP contribution in [0.25, 0.3) is 0 Å². The molecular weight excluding hydrogens is 574 g/mol. The van der Waals surface area contributed by atoms with E-state index in [2.05, 4.69) is 10.6 Å². The molecule has 0 aliphatic heterocycles. The number of amides is 3. The van der Waals surface area contributed by atoms with Gasteiger partial charge < -0.3 is 20.6 Å². The summed E-state index contributed by atoms with van der Waals surface area (Å²) in [5, 5.41) is 14.0. The molecular formula is C28H30ClN3O6S2. The summed E-state index contributed by atoms with van der Waals surface area (Å²) in [6.45, 7) is 6.15. The Labute approximate surface area is 242 Å². The fourth-order valence-corrected chi connectivity index (χ4v) is 5.64. The molecule has 40 heavy (non-hydrogen) atoms. The Morgan fingerprint density at radius 2 is 1.50 bits per heavy atom. The van der Waals surface area contributed by atoms with Crippen LogP contribution in [0, 0.1) is 0 Å². The number of thioether (sulfide) groups is 1. The maximum atomic E-state index is 12.9. The van der Waals surface area contributed by atoms with E-state index in [1.165, 1.54) is 49.0 Å². The van der Waals surface area contributed by atoms with Gasteiger partial charge in [-0.15, -0.1) is 11.8 Å². The zero-order valence-corrected chi connectivity index (χ0v) is 24.8. The maximum Gasteiger partial charge on any atom is 0.255 e. The number of sulfone groups is 1. The van der Waals surface area contributed by atoms with Gasteiger partial charge >= 0.3 is 0 Å². The maximum absolute atomic E-state index is 12.9. The van der Waals surface area contributed by atoms with Crippen LogP contribution in [0.3, 0.4) is 0 Å². The first kappa shape index (κ1) is 31.0. The van der Waals surface area contributed by atoms with Gasteiger partial charge in [0.2, 0.25) is 5.91 Å². The van der Waals surface area contributed by atoms with Crippen molar-refractivity contribution in [1.29, 1.82) is 0 Å². The fraction of sp³-hybridized carbons (Fsp3) is 0.250. The number of phenols is 1. The molecule has 1 atom stereocenters. The summed E-state index contributed by atoms with van der Waals surface area (Å²) in [6, 6.07) is 14.6. The van der Waals surface area contributed by atoms with Crippen molar-refractivity contribution in [2.24, 2.45) is 0 Å². The van der Waals surface area contributed by atoms with Crippen LogP contribution < -0.4 is 10.6 Å². The van der Waals surface area contributed by atoms with E-state index in [0.29, 0.717) is 18.7 Å². The Morgan fingerprint density at radius 3 is 2.05 bits per heavy atom. The van der Waals surface area contributed by atoms with E-state index in [0.717, 1.165) is 11.0 Å². The van der Waals surface area contributed by atoms with E-state index in [-0.39, 0.29) is 32.8 Å². The van der Waals surface area contributed by atoms with Gasteiger partial charge in [-0.2, -0.15) is 0 Å². The molecule has 3 N–H and O–H groups in total. The van der Waals surface area contributed by atoms with Crippen LogP contribution in [0.2, 0.25) is 5.02 Å². The Hall–Kier alpha value is -3.54. The van der Waals surface area contributed by atoms with Gasteiger partial charge in [-0.25, -0.2) is 8.42 Å². The Balaban J connectivity index is 1.72. The minimum Gasteiger partial charge on any atom is -0.506 e. The van der Waals surface area contributed by atoms with E-state index >= 15 is 0 Å². The van der Waals surface area contributed by atoms with Gasteiger partial charge in [-0.1, -0.05) is 11.6 Å². The highest BCUT2D eigenvalue weighted by Gasteiger charge is 2.30. The van der Waals surface area contributed by atoms with Gasteiger partial charge in [0.1, 0.15) is 11.0 Å². The summed E-state index contributed by atoms with van der Waals surface area (Å²) in [7, 11) is -3.99. The lowest BCUT2D eigenvalue weighted by molar-refractivity contribution is -0.115. The summed E-state index contributed by atoms with van der Waals surface area (Å²) >= 11 is 7.75.